The fourth-order valence-corrected chi connectivity index (χ4v) is 4.24. The van der Waals surface area contributed by atoms with Gasteiger partial charge in [-0.25, -0.2) is 0 Å². The third kappa shape index (κ3) is 3.51. The van der Waals surface area contributed by atoms with Gasteiger partial charge in [0.25, 0.3) is 0 Å². The van der Waals surface area contributed by atoms with E-state index in [1.807, 2.05) is 6.92 Å². The summed E-state index contributed by atoms with van der Waals surface area (Å²) in [6.07, 6.45) is 12.7. The Labute approximate surface area is 113 Å². The maximum absolute atomic E-state index is 3.56. The van der Waals surface area contributed by atoms with Gasteiger partial charge in [0.15, 0.2) is 0 Å². The highest BCUT2D eigenvalue weighted by Gasteiger charge is 2.34. The lowest BCUT2D eigenvalue weighted by molar-refractivity contribution is 0.109. The standard InChI is InChI=1S/C17H29N/c1-3-4-5-10-17(18-2)16-12-11-14-8-6-7-9-15(14)13-16/h14-18H,5-13H2,1-2H3. The summed E-state index contributed by atoms with van der Waals surface area (Å²) in [4.78, 5) is 0. The molecular formula is C17H29N. The first-order chi connectivity index (χ1) is 8.85. The maximum Gasteiger partial charge on any atom is 0.0103 e. The van der Waals surface area contributed by atoms with Crippen molar-refractivity contribution >= 4 is 0 Å². The molecule has 18 heavy (non-hydrogen) atoms. The molecule has 4 unspecified atom stereocenters. The lowest BCUT2D eigenvalue weighted by Crippen LogP contribution is -2.39. The van der Waals surface area contributed by atoms with Crippen molar-refractivity contribution in [2.75, 3.05) is 7.05 Å². The molecule has 0 aromatic heterocycles. The van der Waals surface area contributed by atoms with E-state index in [4.69, 9.17) is 0 Å². The second-order valence-electron chi connectivity index (χ2n) is 6.24. The highest BCUT2D eigenvalue weighted by Crippen LogP contribution is 2.43. The van der Waals surface area contributed by atoms with Gasteiger partial charge < -0.3 is 5.32 Å². The number of rotatable bonds is 4. The second kappa shape index (κ2) is 7.19. The van der Waals surface area contributed by atoms with Crippen LogP contribution in [0.15, 0.2) is 0 Å². The van der Waals surface area contributed by atoms with Crippen LogP contribution in [0.2, 0.25) is 0 Å². The highest BCUT2D eigenvalue weighted by molar-refractivity contribution is 4.96. The van der Waals surface area contributed by atoms with Crippen LogP contribution < -0.4 is 5.32 Å². The normalized spacial score (nSPS) is 33.1. The average Bonchev–Trinajstić information content (AvgIpc) is 2.43. The Morgan fingerprint density at radius 1 is 1.11 bits per heavy atom. The van der Waals surface area contributed by atoms with Crippen molar-refractivity contribution in [1.82, 2.24) is 5.32 Å². The van der Waals surface area contributed by atoms with Gasteiger partial charge in [0.1, 0.15) is 0 Å². The monoisotopic (exact) mass is 247 g/mol. The SMILES string of the molecule is CC#CCCC(NC)C1CCC2CCCCC2C1. The predicted octanol–water partition coefficient (Wildman–Crippen LogP) is 3.98. The van der Waals surface area contributed by atoms with Crippen LogP contribution in [-0.2, 0) is 0 Å². The zero-order chi connectivity index (χ0) is 12.8. The summed E-state index contributed by atoms with van der Waals surface area (Å²) in [5, 5.41) is 3.56. The molecule has 0 aromatic rings. The van der Waals surface area contributed by atoms with E-state index in [-0.39, 0.29) is 0 Å². The molecule has 0 aliphatic heterocycles. The smallest absolute Gasteiger partial charge is 0.0103 e. The molecule has 2 aliphatic rings. The van der Waals surface area contributed by atoms with Crippen LogP contribution in [0.25, 0.3) is 0 Å². The summed E-state index contributed by atoms with van der Waals surface area (Å²) >= 11 is 0. The van der Waals surface area contributed by atoms with E-state index >= 15 is 0 Å². The molecule has 2 saturated carbocycles. The molecule has 2 fully saturated rings. The summed E-state index contributed by atoms with van der Waals surface area (Å²) in [6.45, 7) is 1.95. The minimum Gasteiger partial charge on any atom is -0.317 e. The average molecular weight is 247 g/mol. The first-order valence-corrected chi connectivity index (χ1v) is 7.92. The molecule has 1 heteroatoms. The maximum atomic E-state index is 3.56. The van der Waals surface area contributed by atoms with Crippen LogP contribution in [-0.4, -0.2) is 13.1 Å². The van der Waals surface area contributed by atoms with Gasteiger partial charge in [-0.05, 0) is 57.4 Å². The summed E-state index contributed by atoms with van der Waals surface area (Å²) in [7, 11) is 2.14. The molecule has 0 bridgehead atoms. The molecule has 0 spiro atoms. The fraction of sp³-hybridized carbons (Fsp3) is 0.882. The van der Waals surface area contributed by atoms with Crippen LogP contribution in [0.1, 0.15) is 64.7 Å². The van der Waals surface area contributed by atoms with Crippen LogP contribution in [0.5, 0.6) is 0 Å². The molecular weight excluding hydrogens is 218 g/mol. The van der Waals surface area contributed by atoms with Crippen LogP contribution in [0, 0.1) is 29.6 Å². The molecule has 2 aliphatic carbocycles. The summed E-state index contributed by atoms with van der Waals surface area (Å²) < 4.78 is 0. The Balaban J connectivity index is 1.85. The van der Waals surface area contributed by atoms with Gasteiger partial charge in [0.05, 0.1) is 0 Å². The van der Waals surface area contributed by atoms with E-state index in [0.717, 1.165) is 24.2 Å². The van der Waals surface area contributed by atoms with Gasteiger partial charge in [-0.2, -0.15) is 0 Å². The molecule has 0 radical (unpaired) electrons. The summed E-state index contributed by atoms with van der Waals surface area (Å²) in [6, 6.07) is 0.703. The fourth-order valence-electron chi connectivity index (χ4n) is 4.24. The molecule has 4 atom stereocenters. The number of fused-ring (bicyclic) bond motifs is 1. The van der Waals surface area contributed by atoms with Crippen molar-refractivity contribution in [2.45, 2.75) is 70.8 Å². The Kier molecular flexibility index (Phi) is 5.57. The first-order valence-electron chi connectivity index (χ1n) is 7.92. The van der Waals surface area contributed by atoms with Gasteiger partial charge >= 0.3 is 0 Å². The van der Waals surface area contributed by atoms with Crippen LogP contribution >= 0.6 is 0 Å². The van der Waals surface area contributed by atoms with Crippen molar-refractivity contribution in [1.29, 1.82) is 0 Å². The molecule has 0 aromatic carbocycles. The van der Waals surface area contributed by atoms with Crippen LogP contribution in [0.4, 0.5) is 0 Å². The highest BCUT2D eigenvalue weighted by atomic mass is 14.9. The molecule has 102 valence electrons. The minimum absolute atomic E-state index is 0.703. The Morgan fingerprint density at radius 3 is 2.61 bits per heavy atom. The van der Waals surface area contributed by atoms with Crippen molar-refractivity contribution in [2.24, 2.45) is 17.8 Å². The summed E-state index contributed by atoms with van der Waals surface area (Å²) in [5.74, 6) is 9.27. The van der Waals surface area contributed by atoms with E-state index in [1.165, 1.54) is 51.4 Å². The van der Waals surface area contributed by atoms with E-state index < -0.39 is 0 Å². The van der Waals surface area contributed by atoms with Crippen LogP contribution in [0.3, 0.4) is 0 Å². The Morgan fingerprint density at radius 2 is 1.89 bits per heavy atom. The lowest BCUT2D eigenvalue weighted by Gasteiger charge is -2.42. The largest absolute Gasteiger partial charge is 0.317 e. The Bertz CT molecular complexity index is 298. The quantitative estimate of drug-likeness (QED) is 0.741. The zero-order valence-corrected chi connectivity index (χ0v) is 12.2. The lowest BCUT2D eigenvalue weighted by atomic mass is 9.66. The molecule has 1 nitrogen and oxygen atoms in total. The van der Waals surface area contributed by atoms with E-state index in [9.17, 15) is 0 Å². The number of hydrogen-bond donors (Lipinski definition) is 1. The Hall–Kier alpha value is -0.480. The second-order valence-corrected chi connectivity index (χ2v) is 6.24. The van der Waals surface area contributed by atoms with Crippen molar-refractivity contribution in [3.63, 3.8) is 0 Å². The van der Waals surface area contributed by atoms with E-state index in [0.29, 0.717) is 6.04 Å². The first kappa shape index (κ1) is 13.9. The summed E-state index contributed by atoms with van der Waals surface area (Å²) in [5.41, 5.74) is 0. The van der Waals surface area contributed by atoms with E-state index in [1.54, 1.807) is 0 Å². The minimum atomic E-state index is 0.703. The molecule has 1 N–H and O–H groups in total. The van der Waals surface area contributed by atoms with Gasteiger partial charge in [-0.15, -0.1) is 11.8 Å². The van der Waals surface area contributed by atoms with Crippen molar-refractivity contribution in [3.05, 3.63) is 0 Å². The topological polar surface area (TPSA) is 12.0 Å². The van der Waals surface area contributed by atoms with Gasteiger partial charge in [0, 0.05) is 12.5 Å². The predicted molar refractivity (Wildman–Crippen MR) is 78.3 cm³/mol. The third-order valence-corrected chi connectivity index (χ3v) is 5.28. The van der Waals surface area contributed by atoms with Gasteiger partial charge in [0.2, 0.25) is 0 Å². The molecule has 0 heterocycles. The van der Waals surface area contributed by atoms with E-state index in [2.05, 4.69) is 24.2 Å². The number of hydrogen-bond acceptors (Lipinski definition) is 1. The molecule has 0 saturated heterocycles. The van der Waals surface area contributed by atoms with Crippen molar-refractivity contribution < 1.29 is 0 Å². The van der Waals surface area contributed by atoms with Gasteiger partial charge in [-0.1, -0.05) is 25.7 Å². The zero-order valence-electron chi connectivity index (χ0n) is 12.2. The number of nitrogens with one attached hydrogen (secondary N) is 1. The van der Waals surface area contributed by atoms with Crippen molar-refractivity contribution in [3.8, 4) is 11.8 Å². The third-order valence-electron chi connectivity index (χ3n) is 5.28. The molecule has 0 amide bonds. The van der Waals surface area contributed by atoms with Gasteiger partial charge in [-0.3, -0.25) is 0 Å². The molecule has 2 rings (SSSR count).